The molecule has 21 heavy (non-hydrogen) atoms. The highest BCUT2D eigenvalue weighted by Gasteiger charge is 2.34. The zero-order chi connectivity index (χ0) is 14.8. The van der Waals surface area contributed by atoms with Crippen LogP contribution in [0.4, 0.5) is 4.79 Å². The molecule has 3 aliphatic rings. The highest BCUT2D eigenvalue weighted by molar-refractivity contribution is 5.81. The van der Waals surface area contributed by atoms with Gasteiger partial charge in [0.1, 0.15) is 0 Å². The molecule has 3 fully saturated rings. The van der Waals surface area contributed by atoms with Gasteiger partial charge in [-0.25, -0.2) is 4.79 Å². The zero-order valence-electron chi connectivity index (χ0n) is 12.9. The number of carbonyl (C=O) groups is 2. The van der Waals surface area contributed by atoms with Crippen LogP contribution >= 0.6 is 0 Å². The first-order valence-corrected chi connectivity index (χ1v) is 8.24. The van der Waals surface area contributed by atoms with Crippen molar-refractivity contribution in [3.8, 4) is 0 Å². The van der Waals surface area contributed by atoms with Crippen molar-refractivity contribution in [1.29, 1.82) is 0 Å². The van der Waals surface area contributed by atoms with Crippen LogP contribution in [-0.4, -0.2) is 78.0 Å². The molecule has 118 valence electrons. The maximum absolute atomic E-state index is 12.4. The fraction of sp³-hybridized carbons (Fsp3) is 0.867. The van der Waals surface area contributed by atoms with Gasteiger partial charge in [0.05, 0.1) is 6.04 Å². The molecule has 0 aromatic rings. The summed E-state index contributed by atoms with van der Waals surface area (Å²) in [6, 6.07) is 0.406. The number of amides is 3. The normalized spacial score (nSPS) is 26.2. The maximum Gasteiger partial charge on any atom is 0.317 e. The highest BCUT2D eigenvalue weighted by Crippen LogP contribution is 2.21. The predicted molar refractivity (Wildman–Crippen MR) is 80.0 cm³/mol. The Labute approximate surface area is 126 Å². The average molecular weight is 294 g/mol. The molecule has 0 spiro atoms. The molecule has 0 saturated carbocycles. The summed E-state index contributed by atoms with van der Waals surface area (Å²) < 4.78 is 0. The van der Waals surface area contributed by atoms with E-state index in [4.69, 9.17) is 0 Å². The molecule has 3 saturated heterocycles. The lowest BCUT2D eigenvalue weighted by molar-refractivity contribution is -0.135. The molecule has 3 aliphatic heterocycles. The summed E-state index contributed by atoms with van der Waals surface area (Å²) in [6.07, 6.45) is 4.24. The number of likely N-dealkylation sites (tertiary alicyclic amines) is 2. The van der Waals surface area contributed by atoms with Gasteiger partial charge in [-0.15, -0.1) is 0 Å². The number of carbonyl (C=O) groups excluding carboxylic acids is 2. The second-order valence-electron chi connectivity index (χ2n) is 6.40. The molecule has 0 unspecified atom stereocenters. The molecule has 6 nitrogen and oxygen atoms in total. The van der Waals surface area contributed by atoms with Crippen LogP contribution in [0.3, 0.4) is 0 Å². The standard InChI is InChI=1S/C15H26N4O2/c1-12(14(20)18-7-2-3-8-18)17-9-4-13(5-10-17)19-11-6-16-15(19)21/h12-13H,2-11H2,1H3,(H,16,21)/t12-/m1/s1. The van der Waals surface area contributed by atoms with Gasteiger partial charge in [0.15, 0.2) is 0 Å². The van der Waals surface area contributed by atoms with Crippen molar-refractivity contribution in [2.45, 2.75) is 44.7 Å². The lowest BCUT2D eigenvalue weighted by Gasteiger charge is -2.39. The summed E-state index contributed by atoms with van der Waals surface area (Å²) in [7, 11) is 0. The van der Waals surface area contributed by atoms with Crippen molar-refractivity contribution in [1.82, 2.24) is 20.0 Å². The van der Waals surface area contributed by atoms with Crippen molar-refractivity contribution in [2.75, 3.05) is 39.3 Å². The van der Waals surface area contributed by atoms with Crippen LogP contribution in [0, 0.1) is 0 Å². The molecule has 0 aromatic carbocycles. The van der Waals surface area contributed by atoms with Gasteiger partial charge in [-0.1, -0.05) is 0 Å². The third-order valence-electron chi connectivity index (χ3n) is 5.15. The van der Waals surface area contributed by atoms with Crippen LogP contribution in [-0.2, 0) is 4.79 Å². The van der Waals surface area contributed by atoms with E-state index < -0.39 is 0 Å². The van der Waals surface area contributed by atoms with Gasteiger partial charge in [0, 0.05) is 45.3 Å². The monoisotopic (exact) mass is 294 g/mol. The van der Waals surface area contributed by atoms with Crippen LogP contribution in [0.5, 0.6) is 0 Å². The fourth-order valence-corrected chi connectivity index (χ4v) is 3.78. The Morgan fingerprint density at radius 1 is 1.14 bits per heavy atom. The Morgan fingerprint density at radius 3 is 2.38 bits per heavy atom. The Hall–Kier alpha value is -1.30. The smallest absolute Gasteiger partial charge is 0.317 e. The van der Waals surface area contributed by atoms with Crippen LogP contribution < -0.4 is 5.32 Å². The van der Waals surface area contributed by atoms with E-state index in [0.717, 1.165) is 65.0 Å². The molecule has 1 atom stereocenters. The number of rotatable bonds is 3. The molecule has 0 aromatic heterocycles. The number of hydrogen-bond donors (Lipinski definition) is 1. The Balaban J connectivity index is 1.50. The first-order chi connectivity index (χ1) is 10.2. The number of urea groups is 1. The SMILES string of the molecule is C[C@H](C(=O)N1CCCC1)N1CCC(N2CCNC2=O)CC1. The van der Waals surface area contributed by atoms with Crippen molar-refractivity contribution in [3.05, 3.63) is 0 Å². The third-order valence-corrected chi connectivity index (χ3v) is 5.15. The minimum absolute atomic E-state index is 0.0172. The van der Waals surface area contributed by atoms with E-state index in [1.807, 2.05) is 16.7 Å². The Kier molecular flexibility index (Phi) is 4.33. The van der Waals surface area contributed by atoms with E-state index in [-0.39, 0.29) is 18.0 Å². The molecule has 6 heteroatoms. The number of nitrogens with zero attached hydrogens (tertiary/aromatic N) is 3. The summed E-state index contributed by atoms with van der Waals surface area (Å²) >= 11 is 0. The maximum atomic E-state index is 12.4. The molecule has 0 radical (unpaired) electrons. The number of nitrogens with one attached hydrogen (secondary N) is 1. The second-order valence-corrected chi connectivity index (χ2v) is 6.40. The first-order valence-electron chi connectivity index (χ1n) is 8.24. The summed E-state index contributed by atoms with van der Waals surface area (Å²) in [5.74, 6) is 0.282. The largest absolute Gasteiger partial charge is 0.341 e. The lowest BCUT2D eigenvalue weighted by atomic mass is 10.0. The molecular weight excluding hydrogens is 268 g/mol. The third kappa shape index (κ3) is 3.00. The van der Waals surface area contributed by atoms with E-state index in [1.54, 1.807) is 0 Å². The topological polar surface area (TPSA) is 55.9 Å². The van der Waals surface area contributed by atoms with Crippen molar-refractivity contribution < 1.29 is 9.59 Å². The molecule has 0 bridgehead atoms. The quantitative estimate of drug-likeness (QED) is 0.824. The van der Waals surface area contributed by atoms with Gasteiger partial charge in [0.2, 0.25) is 5.91 Å². The summed E-state index contributed by atoms with van der Waals surface area (Å²) in [5.41, 5.74) is 0. The van der Waals surface area contributed by atoms with Gasteiger partial charge < -0.3 is 15.1 Å². The van der Waals surface area contributed by atoms with Crippen molar-refractivity contribution in [2.24, 2.45) is 0 Å². The van der Waals surface area contributed by atoms with Crippen molar-refractivity contribution >= 4 is 11.9 Å². The second kappa shape index (κ2) is 6.22. The average Bonchev–Trinajstić information content (AvgIpc) is 3.17. The van der Waals surface area contributed by atoms with Crippen molar-refractivity contribution in [3.63, 3.8) is 0 Å². The zero-order valence-corrected chi connectivity index (χ0v) is 12.9. The molecule has 1 N–H and O–H groups in total. The van der Waals surface area contributed by atoms with Crippen LogP contribution in [0.25, 0.3) is 0 Å². The van der Waals surface area contributed by atoms with Gasteiger partial charge in [-0.2, -0.15) is 0 Å². The van der Waals surface area contributed by atoms with E-state index in [2.05, 4.69) is 10.2 Å². The summed E-state index contributed by atoms with van der Waals surface area (Å²) in [5, 5.41) is 2.87. The van der Waals surface area contributed by atoms with Crippen LogP contribution in [0.1, 0.15) is 32.6 Å². The van der Waals surface area contributed by atoms with Gasteiger partial charge in [-0.05, 0) is 32.6 Å². The number of piperidine rings is 1. The minimum atomic E-state index is -0.0172. The predicted octanol–water partition coefficient (Wildman–Crippen LogP) is 0.487. The van der Waals surface area contributed by atoms with E-state index >= 15 is 0 Å². The Morgan fingerprint density at radius 2 is 1.81 bits per heavy atom. The van der Waals surface area contributed by atoms with Gasteiger partial charge in [0.25, 0.3) is 0 Å². The van der Waals surface area contributed by atoms with Gasteiger partial charge in [-0.3, -0.25) is 9.69 Å². The molecule has 3 rings (SSSR count). The molecule has 3 amide bonds. The molecular formula is C15H26N4O2. The summed E-state index contributed by atoms with van der Waals surface area (Å²) in [4.78, 5) is 30.4. The van der Waals surface area contributed by atoms with E-state index in [9.17, 15) is 9.59 Å². The van der Waals surface area contributed by atoms with Crippen LogP contribution in [0.15, 0.2) is 0 Å². The highest BCUT2D eigenvalue weighted by atomic mass is 16.2. The fourth-order valence-electron chi connectivity index (χ4n) is 3.78. The van der Waals surface area contributed by atoms with E-state index in [0.29, 0.717) is 6.04 Å². The first kappa shape index (κ1) is 14.6. The molecule has 0 aliphatic carbocycles. The molecule has 3 heterocycles. The van der Waals surface area contributed by atoms with E-state index in [1.165, 1.54) is 0 Å². The van der Waals surface area contributed by atoms with Gasteiger partial charge >= 0.3 is 6.03 Å². The lowest BCUT2D eigenvalue weighted by Crippen LogP contribution is -2.52. The minimum Gasteiger partial charge on any atom is -0.341 e. The Bertz CT molecular complexity index is 400. The number of hydrogen-bond acceptors (Lipinski definition) is 3. The summed E-state index contributed by atoms with van der Waals surface area (Å²) in [6.45, 7) is 7.30. The van der Waals surface area contributed by atoms with Crippen LogP contribution in [0.2, 0.25) is 0 Å².